The van der Waals surface area contributed by atoms with Crippen LogP contribution in [0, 0.1) is 12.8 Å². The predicted molar refractivity (Wildman–Crippen MR) is 123 cm³/mol. The first kappa shape index (κ1) is 26.1. The molecule has 166 valence electrons. The molecule has 0 bridgehead atoms. The Labute approximate surface area is 189 Å². The lowest BCUT2D eigenvalue weighted by molar-refractivity contribution is -0.132. The van der Waals surface area contributed by atoms with Crippen molar-refractivity contribution in [3.63, 3.8) is 0 Å². The molecular weight excluding hydrogens is 425 g/mol. The zero-order chi connectivity index (χ0) is 19.9. The van der Waals surface area contributed by atoms with Gasteiger partial charge in [-0.1, -0.05) is 0 Å². The molecule has 0 saturated carbocycles. The summed E-state index contributed by atoms with van der Waals surface area (Å²) in [6, 6.07) is 3.66. The van der Waals surface area contributed by atoms with Crippen molar-refractivity contribution < 1.29 is 4.79 Å². The minimum absolute atomic E-state index is 0. The van der Waals surface area contributed by atoms with Crippen LogP contribution in [0.3, 0.4) is 0 Å². The average molecular weight is 456 g/mol. The summed E-state index contributed by atoms with van der Waals surface area (Å²) < 4.78 is 0. The number of pyridine rings is 1. The molecule has 1 aliphatic heterocycles. The van der Waals surface area contributed by atoms with E-state index in [1.54, 1.807) is 18.5 Å². The molecule has 0 unspecified atom stereocenters. The third-order valence-electron chi connectivity index (χ3n) is 5.52. The summed E-state index contributed by atoms with van der Waals surface area (Å²) >= 11 is 0. The molecule has 1 saturated heterocycles. The summed E-state index contributed by atoms with van der Waals surface area (Å²) in [6.07, 6.45) is 7.41. The molecule has 0 aliphatic carbocycles. The number of halogens is 2. The lowest BCUT2D eigenvalue weighted by Gasteiger charge is -2.32. The largest absolute Gasteiger partial charge is 0.343 e. The number of nitrogens with one attached hydrogen (secondary N) is 2. The highest BCUT2D eigenvalue weighted by Gasteiger charge is 2.22. The van der Waals surface area contributed by atoms with Gasteiger partial charge >= 0.3 is 0 Å². The Morgan fingerprint density at radius 2 is 2.03 bits per heavy atom. The number of aromatic nitrogens is 3. The van der Waals surface area contributed by atoms with E-state index in [1.807, 2.05) is 24.9 Å². The number of aromatic amines is 1. The molecule has 1 fully saturated rings. The maximum Gasteiger partial charge on any atom is 0.254 e. The zero-order valence-electron chi connectivity index (χ0n) is 17.5. The second-order valence-electron chi connectivity index (χ2n) is 7.44. The smallest absolute Gasteiger partial charge is 0.254 e. The van der Waals surface area contributed by atoms with Crippen LogP contribution in [0.25, 0.3) is 11.4 Å². The van der Waals surface area contributed by atoms with Crippen LogP contribution in [0.2, 0.25) is 0 Å². The third-order valence-corrected chi connectivity index (χ3v) is 5.52. The summed E-state index contributed by atoms with van der Waals surface area (Å²) in [5.41, 5.74) is 1.85. The van der Waals surface area contributed by atoms with Gasteiger partial charge in [-0.3, -0.25) is 14.6 Å². The molecule has 3 rings (SSSR count). The molecule has 2 aromatic heterocycles. The third kappa shape index (κ3) is 6.79. The SMILES string of the molecule is CNCCC1CCN(C(=O)CCc2c(C)nc(-c3cccnc3)[nH]c2=O)CC1.Cl.Cl. The van der Waals surface area contributed by atoms with Crippen molar-refractivity contribution in [1.82, 2.24) is 25.2 Å². The molecule has 1 amide bonds. The fraction of sp³-hybridized carbons (Fsp3) is 0.524. The average Bonchev–Trinajstić information content (AvgIpc) is 2.72. The van der Waals surface area contributed by atoms with Crippen LogP contribution < -0.4 is 10.9 Å². The molecule has 0 spiro atoms. The van der Waals surface area contributed by atoms with Gasteiger partial charge in [-0.15, -0.1) is 24.8 Å². The maximum atomic E-state index is 12.6. The molecule has 9 heteroatoms. The fourth-order valence-electron chi connectivity index (χ4n) is 3.75. The number of amides is 1. The highest BCUT2D eigenvalue weighted by molar-refractivity contribution is 5.85. The molecule has 7 nitrogen and oxygen atoms in total. The summed E-state index contributed by atoms with van der Waals surface area (Å²) in [7, 11) is 1.97. The number of likely N-dealkylation sites (tertiary alicyclic amines) is 1. The van der Waals surface area contributed by atoms with Gasteiger partial charge < -0.3 is 15.2 Å². The molecule has 0 aromatic carbocycles. The Morgan fingerprint density at radius 1 is 1.30 bits per heavy atom. The number of nitrogens with zero attached hydrogens (tertiary/aromatic N) is 3. The van der Waals surface area contributed by atoms with Crippen LogP contribution in [0.15, 0.2) is 29.3 Å². The molecule has 2 N–H and O–H groups in total. The molecule has 0 radical (unpaired) electrons. The van der Waals surface area contributed by atoms with E-state index >= 15 is 0 Å². The fourth-order valence-corrected chi connectivity index (χ4v) is 3.75. The van der Waals surface area contributed by atoms with Gasteiger partial charge in [0.25, 0.3) is 5.56 Å². The first-order valence-electron chi connectivity index (χ1n) is 10.0. The van der Waals surface area contributed by atoms with Gasteiger partial charge in [0, 0.05) is 48.7 Å². The van der Waals surface area contributed by atoms with Crippen molar-refractivity contribution in [2.45, 2.75) is 39.0 Å². The van der Waals surface area contributed by atoms with Crippen molar-refractivity contribution >= 4 is 30.7 Å². The van der Waals surface area contributed by atoms with Crippen molar-refractivity contribution in [2.24, 2.45) is 5.92 Å². The second kappa shape index (κ2) is 12.7. The zero-order valence-corrected chi connectivity index (χ0v) is 19.2. The maximum absolute atomic E-state index is 12.6. The monoisotopic (exact) mass is 455 g/mol. The van der Waals surface area contributed by atoms with Gasteiger partial charge in [-0.05, 0) is 64.3 Å². The Hall–Kier alpha value is -1.96. The second-order valence-corrected chi connectivity index (χ2v) is 7.44. The van der Waals surface area contributed by atoms with Crippen molar-refractivity contribution in [3.8, 4) is 11.4 Å². The summed E-state index contributed by atoms with van der Waals surface area (Å²) in [5, 5.41) is 3.19. The number of H-pyrrole nitrogens is 1. The lowest BCUT2D eigenvalue weighted by atomic mass is 9.93. The quantitative estimate of drug-likeness (QED) is 0.669. The summed E-state index contributed by atoms with van der Waals surface area (Å²) in [6.45, 7) is 4.49. The van der Waals surface area contributed by atoms with Crippen LogP contribution in [-0.4, -0.2) is 52.4 Å². The number of piperidine rings is 1. The molecular formula is C21H31Cl2N5O2. The molecule has 1 aliphatic rings. The Kier molecular flexibility index (Phi) is 11.0. The van der Waals surface area contributed by atoms with Crippen LogP contribution in [0.1, 0.15) is 36.9 Å². The molecule has 0 atom stereocenters. The minimum atomic E-state index is -0.176. The minimum Gasteiger partial charge on any atom is -0.343 e. The van der Waals surface area contributed by atoms with E-state index < -0.39 is 0 Å². The number of hydrogen-bond donors (Lipinski definition) is 2. The first-order valence-corrected chi connectivity index (χ1v) is 10.0. The van der Waals surface area contributed by atoms with Gasteiger partial charge in [-0.2, -0.15) is 0 Å². The van der Waals surface area contributed by atoms with Gasteiger partial charge in [0.15, 0.2) is 0 Å². The number of aryl methyl sites for hydroxylation is 1. The van der Waals surface area contributed by atoms with E-state index in [4.69, 9.17) is 0 Å². The summed E-state index contributed by atoms with van der Waals surface area (Å²) in [4.78, 5) is 38.4. The number of hydrogen-bond acceptors (Lipinski definition) is 5. The Balaban J connectivity index is 0.00000225. The van der Waals surface area contributed by atoms with E-state index in [1.165, 1.54) is 6.42 Å². The summed E-state index contributed by atoms with van der Waals surface area (Å²) in [5.74, 6) is 1.34. The van der Waals surface area contributed by atoms with Crippen LogP contribution in [0.5, 0.6) is 0 Å². The van der Waals surface area contributed by atoms with E-state index in [-0.39, 0.29) is 36.3 Å². The van der Waals surface area contributed by atoms with Gasteiger partial charge in [0.1, 0.15) is 5.82 Å². The predicted octanol–water partition coefficient (Wildman–Crippen LogP) is 2.76. The standard InChI is InChI=1S/C21H29N5O2.2ClH/c1-15-18(21(28)25-20(24-15)17-4-3-10-23-14-17)5-6-19(27)26-12-8-16(9-13-26)7-11-22-2;;/h3-4,10,14,16,22H,5-9,11-13H2,1-2H3,(H,24,25,28);2*1H. The highest BCUT2D eigenvalue weighted by Crippen LogP contribution is 2.21. The van der Waals surface area contributed by atoms with Gasteiger partial charge in [-0.25, -0.2) is 4.98 Å². The lowest BCUT2D eigenvalue weighted by Crippen LogP contribution is -2.39. The molecule has 3 heterocycles. The Bertz CT molecular complexity index is 852. The van der Waals surface area contributed by atoms with Gasteiger partial charge in [0.2, 0.25) is 5.91 Å². The van der Waals surface area contributed by atoms with Crippen LogP contribution in [-0.2, 0) is 11.2 Å². The van der Waals surface area contributed by atoms with Crippen molar-refractivity contribution in [1.29, 1.82) is 0 Å². The van der Waals surface area contributed by atoms with Crippen molar-refractivity contribution in [3.05, 3.63) is 46.1 Å². The van der Waals surface area contributed by atoms with Gasteiger partial charge in [0.05, 0.1) is 0 Å². The van der Waals surface area contributed by atoms with E-state index in [9.17, 15) is 9.59 Å². The number of carbonyl (C=O) groups is 1. The van der Waals surface area contributed by atoms with E-state index in [0.29, 0.717) is 35.8 Å². The first-order chi connectivity index (χ1) is 13.6. The number of carbonyl (C=O) groups excluding carboxylic acids is 1. The molecule has 30 heavy (non-hydrogen) atoms. The molecule has 2 aromatic rings. The van der Waals surface area contributed by atoms with Crippen LogP contribution in [0.4, 0.5) is 0 Å². The normalized spacial score (nSPS) is 14.0. The Morgan fingerprint density at radius 3 is 2.63 bits per heavy atom. The number of rotatable bonds is 7. The topological polar surface area (TPSA) is 91.0 Å². The van der Waals surface area contributed by atoms with Crippen molar-refractivity contribution in [2.75, 3.05) is 26.7 Å². The highest BCUT2D eigenvalue weighted by atomic mass is 35.5. The van der Waals surface area contributed by atoms with E-state index in [0.717, 1.165) is 38.0 Å². The van der Waals surface area contributed by atoms with E-state index in [2.05, 4.69) is 20.3 Å². The van der Waals surface area contributed by atoms with Crippen LogP contribution >= 0.6 is 24.8 Å².